The number of hydrogen-bond donors (Lipinski definition) is 1. The number of rotatable bonds is 3. The number of aliphatic carboxylic acids is 1. The Morgan fingerprint density at radius 1 is 1.44 bits per heavy atom. The molecule has 4 heteroatoms. The molecule has 1 heterocycles. The van der Waals surface area contributed by atoms with Gasteiger partial charge in [0.1, 0.15) is 6.04 Å². The Balaban J connectivity index is 2.38. The molecule has 0 fully saturated rings. The highest BCUT2D eigenvalue weighted by atomic mass is 16.4. The molecule has 88 valence electrons. The molecule has 0 saturated carbocycles. The van der Waals surface area contributed by atoms with Crippen molar-refractivity contribution in [2.45, 2.75) is 45.6 Å². The van der Waals surface area contributed by atoms with Gasteiger partial charge in [0.2, 0.25) is 0 Å². The zero-order chi connectivity index (χ0) is 11.7. The Labute approximate surface area is 95.3 Å². The van der Waals surface area contributed by atoms with Gasteiger partial charge in [-0.15, -0.1) is 0 Å². The molecule has 1 aliphatic rings. The summed E-state index contributed by atoms with van der Waals surface area (Å²) in [4.78, 5) is 15.6. The van der Waals surface area contributed by atoms with E-state index in [1.165, 1.54) is 6.42 Å². The summed E-state index contributed by atoms with van der Waals surface area (Å²) in [6, 6.07) is -0.477. The Morgan fingerprint density at radius 3 is 2.75 bits per heavy atom. The van der Waals surface area contributed by atoms with Gasteiger partial charge in [0.15, 0.2) is 0 Å². The number of hydrogen-bond acceptors (Lipinski definition) is 2. The van der Waals surface area contributed by atoms with Crippen LogP contribution < -0.4 is 0 Å². The molecule has 4 nitrogen and oxygen atoms in total. The quantitative estimate of drug-likeness (QED) is 0.851. The first kappa shape index (κ1) is 11.2. The van der Waals surface area contributed by atoms with Crippen molar-refractivity contribution in [3.8, 4) is 0 Å². The van der Waals surface area contributed by atoms with E-state index in [1.54, 1.807) is 6.33 Å². The van der Waals surface area contributed by atoms with E-state index in [0.29, 0.717) is 0 Å². The minimum absolute atomic E-state index is 0.0812. The Morgan fingerprint density at radius 2 is 2.12 bits per heavy atom. The third-order valence-electron chi connectivity index (χ3n) is 3.24. The summed E-state index contributed by atoms with van der Waals surface area (Å²) in [6.07, 6.45) is 5.97. The predicted molar refractivity (Wildman–Crippen MR) is 60.4 cm³/mol. The second-order valence-electron chi connectivity index (χ2n) is 4.78. The maximum absolute atomic E-state index is 11.3. The van der Waals surface area contributed by atoms with Gasteiger partial charge in [0.25, 0.3) is 0 Å². The molecule has 0 aromatic carbocycles. The van der Waals surface area contributed by atoms with Crippen molar-refractivity contribution < 1.29 is 9.90 Å². The molecule has 2 rings (SSSR count). The lowest BCUT2D eigenvalue weighted by molar-refractivity contribution is -0.142. The van der Waals surface area contributed by atoms with Gasteiger partial charge in [-0.2, -0.15) is 0 Å². The van der Waals surface area contributed by atoms with Crippen molar-refractivity contribution in [2.24, 2.45) is 5.92 Å². The smallest absolute Gasteiger partial charge is 0.326 e. The Bertz CT molecular complexity index is 396. The summed E-state index contributed by atoms with van der Waals surface area (Å²) in [6.45, 7) is 3.88. The zero-order valence-corrected chi connectivity index (χ0v) is 9.81. The average Bonchev–Trinajstić information content (AvgIpc) is 2.61. The first-order chi connectivity index (χ1) is 7.61. The van der Waals surface area contributed by atoms with Gasteiger partial charge in [-0.3, -0.25) is 0 Å². The molecule has 1 aliphatic carbocycles. The molecule has 1 aromatic heterocycles. The van der Waals surface area contributed by atoms with Crippen LogP contribution in [0.2, 0.25) is 0 Å². The normalized spacial score (nSPS) is 17.2. The minimum Gasteiger partial charge on any atom is -0.480 e. The van der Waals surface area contributed by atoms with Crippen LogP contribution in [0, 0.1) is 5.92 Å². The number of aromatic nitrogens is 2. The number of carbonyl (C=O) groups is 1. The highest BCUT2D eigenvalue weighted by Crippen LogP contribution is 2.26. The summed E-state index contributed by atoms with van der Waals surface area (Å²) in [7, 11) is 0. The molecular formula is C12H18N2O2. The van der Waals surface area contributed by atoms with Crippen molar-refractivity contribution >= 4 is 5.97 Å². The van der Waals surface area contributed by atoms with E-state index in [0.717, 1.165) is 30.7 Å². The largest absolute Gasteiger partial charge is 0.480 e. The molecule has 1 aromatic rings. The lowest BCUT2D eigenvalue weighted by Crippen LogP contribution is -2.25. The van der Waals surface area contributed by atoms with Crippen LogP contribution in [-0.4, -0.2) is 20.6 Å². The van der Waals surface area contributed by atoms with E-state index in [1.807, 2.05) is 18.4 Å². The molecule has 0 saturated heterocycles. The van der Waals surface area contributed by atoms with Crippen molar-refractivity contribution in [3.05, 3.63) is 17.7 Å². The van der Waals surface area contributed by atoms with Crippen LogP contribution >= 0.6 is 0 Å². The fourth-order valence-electron chi connectivity index (χ4n) is 2.46. The van der Waals surface area contributed by atoms with Crippen LogP contribution in [0.4, 0.5) is 0 Å². The highest BCUT2D eigenvalue weighted by molar-refractivity contribution is 5.72. The van der Waals surface area contributed by atoms with Gasteiger partial charge in [-0.1, -0.05) is 13.8 Å². The molecule has 1 N–H and O–H groups in total. The number of fused-ring (bicyclic) bond motifs is 1. The van der Waals surface area contributed by atoms with Crippen LogP contribution in [0.15, 0.2) is 6.33 Å². The van der Waals surface area contributed by atoms with Crippen LogP contribution in [0.3, 0.4) is 0 Å². The van der Waals surface area contributed by atoms with Gasteiger partial charge in [-0.25, -0.2) is 9.78 Å². The van der Waals surface area contributed by atoms with E-state index in [2.05, 4.69) is 4.98 Å². The van der Waals surface area contributed by atoms with Crippen LogP contribution in [0.25, 0.3) is 0 Å². The summed E-state index contributed by atoms with van der Waals surface area (Å²) < 4.78 is 1.86. The molecule has 0 amide bonds. The number of imidazole rings is 1. The number of carboxylic acids is 1. The van der Waals surface area contributed by atoms with E-state index in [9.17, 15) is 9.90 Å². The van der Waals surface area contributed by atoms with Crippen molar-refractivity contribution in [3.63, 3.8) is 0 Å². The lowest BCUT2D eigenvalue weighted by atomic mass is 9.99. The maximum atomic E-state index is 11.3. The standard InChI is InChI=1S/C12H18N2O2/c1-8(2)11(12(15)16)14-7-13-9-5-3-4-6-10(9)14/h7-8,11H,3-6H2,1-2H3,(H,15,16). The van der Waals surface area contributed by atoms with Crippen molar-refractivity contribution in [2.75, 3.05) is 0 Å². The van der Waals surface area contributed by atoms with E-state index >= 15 is 0 Å². The van der Waals surface area contributed by atoms with E-state index in [-0.39, 0.29) is 5.92 Å². The second kappa shape index (κ2) is 4.28. The second-order valence-corrected chi connectivity index (χ2v) is 4.78. The molecular weight excluding hydrogens is 204 g/mol. The Hall–Kier alpha value is -1.32. The van der Waals surface area contributed by atoms with E-state index in [4.69, 9.17) is 0 Å². The topological polar surface area (TPSA) is 55.1 Å². The van der Waals surface area contributed by atoms with Gasteiger partial charge in [-0.05, 0) is 31.6 Å². The lowest BCUT2D eigenvalue weighted by Gasteiger charge is -2.22. The van der Waals surface area contributed by atoms with Crippen LogP contribution in [0.1, 0.15) is 44.1 Å². The summed E-state index contributed by atoms with van der Waals surface area (Å²) >= 11 is 0. The molecule has 1 unspecified atom stereocenters. The molecule has 1 atom stereocenters. The molecule has 16 heavy (non-hydrogen) atoms. The zero-order valence-electron chi connectivity index (χ0n) is 9.81. The van der Waals surface area contributed by atoms with Gasteiger partial charge >= 0.3 is 5.97 Å². The highest BCUT2D eigenvalue weighted by Gasteiger charge is 2.27. The van der Waals surface area contributed by atoms with Gasteiger partial charge in [0.05, 0.1) is 12.0 Å². The third kappa shape index (κ3) is 1.84. The van der Waals surface area contributed by atoms with Crippen LogP contribution in [-0.2, 0) is 17.6 Å². The fourth-order valence-corrected chi connectivity index (χ4v) is 2.46. The van der Waals surface area contributed by atoms with Crippen molar-refractivity contribution in [1.82, 2.24) is 9.55 Å². The van der Waals surface area contributed by atoms with Gasteiger partial charge < -0.3 is 9.67 Å². The van der Waals surface area contributed by atoms with E-state index < -0.39 is 12.0 Å². The summed E-state index contributed by atoms with van der Waals surface area (Å²) in [5, 5.41) is 9.27. The fraction of sp³-hybridized carbons (Fsp3) is 0.667. The molecule has 0 radical (unpaired) electrons. The first-order valence-corrected chi connectivity index (χ1v) is 5.88. The number of carboxylic acid groups (broad SMARTS) is 1. The molecule has 0 bridgehead atoms. The number of nitrogens with zero attached hydrogens (tertiary/aromatic N) is 2. The first-order valence-electron chi connectivity index (χ1n) is 5.88. The maximum Gasteiger partial charge on any atom is 0.326 e. The number of aryl methyl sites for hydroxylation is 1. The summed E-state index contributed by atoms with van der Waals surface area (Å²) in [5.41, 5.74) is 2.23. The van der Waals surface area contributed by atoms with Gasteiger partial charge in [0, 0.05) is 5.69 Å². The minimum atomic E-state index is -0.763. The SMILES string of the molecule is CC(C)C(C(=O)O)n1cnc2c1CCCC2. The molecule has 0 spiro atoms. The Kier molecular flexibility index (Phi) is 2.99. The molecule has 0 aliphatic heterocycles. The average molecular weight is 222 g/mol. The monoisotopic (exact) mass is 222 g/mol. The summed E-state index contributed by atoms with van der Waals surface area (Å²) in [5.74, 6) is -0.682. The van der Waals surface area contributed by atoms with Crippen LogP contribution in [0.5, 0.6) is 0 Å². The third-order valence-corrected chi connectivity index (χ3v) is 3.24. The predicted octanol–water partition coefficient (Wildman–Crippen LogP) is 2.04. The van der Waals surface area contributed by atoms with Crippen molar-refractivity contribution in [1.29, 1.82) is 0 Å².